The highest BCUT2D eigenvalue weighted by Crippen LogP contribution is 2.25. The standard InChI is InChI=1S/C17H27N3O/c1-5-6-7-10-20-16-9-8-14(21-12(2)3)11-15(16)19-17(20)13(4)18/h8-9,11-13H,5-7,10,18H2,1-4H3. The smallest absolute Gasteiger partial charge is 0.126 e. The number of aromatic nitrogens is 2. The third-order valence-corrected chi connectivity index (χ3v) is 3.51. The molecule has 1 aromatic carbocycles. The second-order valence-corrected chi connectivity index (χ2v) is 5.93. The van der Waals surface area contributed by atoms with Crippen molar-refractivity contribution >= 4 is 11.0 Å². The molecular formula is C17H27N3O. The number of ether oxygens (including phenoxy) is 1. The van der Waals surface area contributed by atoms with Gasteiger partial charge < -0.3 is 15.0 Å². The van der Waals surface area contributed by atoms with Crippen LogP contribution in [0, 0.1) is 0 Å². The van der Waals surface area contributed by atoms with Crippen molar-refractivity contribution in [1.29, 1.82) is 0 Å². The fourth-order valence-electron chi connectivity index (χ4n) is 2.58. The fraction of sp³-hybridized carbons (Fsp3) is 0.588. The third-order valence-electron chi connectivity index (χ3n) is 3.51. The number of fused-ring (bicyclic) bond motifs is 1. The van der Waals surface area contributed by atoms with Crippen molar-refractivity contribution in [2.75, 3.05) is 0 Å². The maximum atomic E-state index is 6.09. The first kappa shape index (κ1) is 15.8. The van der Waals surface area contributed by atoms with Crippen molar-refractivity contribution in [2.45, 2.75) is 65.6 Å². The second-order valence-electron chi connectivity index (χ2n) is 5.93. The van der Waals surface area contributed by atoms with E-state index in [4.69, 9.17) is 15.5 Å². The average Bonchev–Trinajstić information content (AvgIpc) is 2.77. The van der Waals surface area contributed by atoms with Gasteiger partial charge in [-0.15, -0.1) is 0 Å². The lowest BCUT2D eigenvalue weighted by Gasteiger charge is -2.12. The van der Waals surface area contributed by atoms with Crippen LogP contribution < -0.4 is 10.5 Å². The summed E-state index contributed by atoms with van der Waals surface area (Å²) in [5.41, 5.74) is 8.20. The molecule has 0 fully saturated rings. The Balaban J connectivity index is 2.37. The summed E-state index contributed by atoms with van der Waals surface area (Å²) < 4.78 is 8.01. The summed E-state index contributed by atoms with van der Waals surface area (Å²) in [4.78, 5) is 4.72. The van der Waals surface area contributed by atoms with Crippen LogP contribution in [0.5, 0.6) is 5.75 Å². The Bertz CT molecular complexity index is 587. The van der Waals surface area contributed by atoms with Crippen LogP contribution in [0.2, 0.25) is 0 Å². The molecule has 1 heterocycles. The van der Waals surface area contributed by atoms with E-state index in [1.54, 1.807) is 0 Å². The van der Waals surface area contributed by atoms with Gasteiger partial charge in [0.25, 0.3) is 0 Å². The number of nitrogens with zero attached hydrogens (tertiary/aromatic N) is 2. The number of rotatable bonds is 7. The first-order valence-corrected chi connectivity index (χ1v) is 7.95. The predicted octanol–water partition coefficient (Wildman–Crippen LogP) is 4.03. The van der Waals surface area contributed by atoms with Crippen LogP contribution in [-0.4, -0.2) is 15.7 Å². The molecule has 1 unspecified atom stereocenters. The summed E-state index contributed by atoms with van der Waals surface area (Å²) in [6.07, 6.45) is 3.77. The Morgan fingerprint density at radius 2 is 2.00 bits per heavy atom. The number of aryl methyl sites for hydroxylation is 1. The van der Waals surface area contributed by atoms with Crippen LogP contribution >= 0.6 is 0 Å². The SMILES string of the molecule is CCCCCn1c(C(C)N)nc2cc(OC(C)C)ccc21. The lowest BCUT2D eigenvalue weighted by atomic mass is 10.2. The van der Waals surface area contributed by atoms with Crippen LogP contribution in [0.15, 0.2) is 18.2 Å². The van der Waals surface area contributed by atoms with Crippen LogP contribution in [0.4, 0.5) is 0 Å². The summed E-state index contributed by atoms with van der Waals surface area (Å²) >= 11 is 0. The van der Waals surface area contributed by atoms with Crippen LogP contribution in [0.25, 0.3) is 11.0 Å². The van der Waals surface area contributed by atoms with E-state index in [-0.39, 0.29) is 12.1 Å². The minimum Gasteiger partial charge on any atom is -0.491 e. The molecule has 1 aromatic heterocycles. The lowest BCUT2D eigenvalue weighted by Crippen LogP contribution is -2.13. The number of imidazole rings is 1. The van der Waals surface area contributed by atoms with Gasteiger partial charge in [0.1, 0.15) is 11.6 Å². The number of nitrogens with two attached hydrogens (primary N) is 1. The molecule has 0 aliphatic heterocycles. The zero-order valence-electron chi connectivity index (χ0n) is 13.6. The van der Waals surface area contributed by atoms with Gasteiger partial charge in [0, 0.05) is 12.6 Å². The molecule has 21 heavy (non-hydrogen) atoms. The maximum absolute atomic E-state index is 6.09. The summed E-state index contributed by atoms with van der Waals surface area (Å²) in [5, 5.41) is 0. The Labute approximate surface area is 127 Å². The zero-order chi connectivity index (χ0) is 15.4. The number of hydrogen-bond donors (Lipinski definition) is 1. The molecule has 0 aliphatic carbocycles. The Kier molecular flexibility index (Phi) is 5.23. The summed E-state index contributed by atoms with van der Waals surface area (Å²) in [5.74, 6) is 1.83. The number of hydrogen-bond acceptors (Lipinski definition) is 3. The molecule has 4 nitrogen and oxygen atoms in total. The van der Waals surface area contributed by atoms with Crippen LogP contribution in [0.3, 0.4) is 0 Å². The molecule has 0 saturated heterocycles. The maximum Gasteiger partial charge on any atom is 0.126 e. The third kappa shape index (κ3) is 3.76. The molecule has 0 aliphatic rings. The highest BCUT2D eigenvalue weighted by atomic mass is 16.5. The minimum absolute atomic E-state index is 0.0616. The Hall–Kier alpha value is -1.55. The summed E-state index contributed by atoms with van der Waals surface area (Å²) in [6.45, 7) is 9.24. The van der Waals surface area contributed by atoms with Crippen molar-refractivity contribution in [3.8, 4) is 5.75 Å². The summed E-state index contributed by atoms with van der Waals surface area (Å²) in [7, 11) is 0. The molecule has 0 radical (unpaired) electrons. The molecule has 2 rings (SSSR count). The van der Waals surface area contributed by atoms with E-state index in [2.05, 4.69) is 17.6 Å². The first-order chi connectivity index (χ1) is 10.0. The van der Waals surface area contributed by atoms with Crippen LogP contribution in [-0.2, 0) is 6.54 Å². The van der Waals surface area contributed by atoms with Gasteiger partial charge in [0.15, 0.2) is 0 Å². The van der Waals surface area contributed by atoms with E-state index < -0.39 is 0 Å². The molecular weight excluding hydrogens is 262 g/mol. The highest BCUT2D eigenvalue weighted by molar-refractivity contribution is 5.78. The van der Waals surface area contributed by atoms with E-state index in [1.807, 2.05) is 32.9 Å². The fourth-order valence-corrected chi connectivity index (χ4v) is 2.58. The van der Waals surface area contributed by atoms with Gasteiger partial charge in [-0.2, -0.15) is 0 Å². The van der Waals surface area contributed by atoms with Gasteiger partial charge in [-0.05, 0) is 39.3 Å². The Morgan fingerprint density at radius 3 is 2.62 bits per heavy atom. The van der Waals surface area contributed by atoms with Gasteiger partial charge >= 0.3 is 0 Å². The topological polar surface area (TPSA) is 53.1 Å². The van der Waals surface area contributed by atoms with Gasteiger partial charge in [-0.3, -0.25) is 0 Å². The predicted molar refractivity (Wildman–Crippen MR) is 87.6 cm³/mol. The molecule has 2 N–H and O–H groups in total. The van der Waals surface area contributed by atoms with Crippen LogP contribution in [0.1, 0.15) is 58.8 Å². The number of unbranched alkanes of at least 4 members (excludes halogenated alkanes) is 2. The first-order valence-electron chi connectivity index (χ1n) is 7.95. The van der Waals surface area contributed by atoms with E-state index in [1.165, 1.54) is 12.8 Å². The normalized spacial score (nSPS) is 13.0. The van der Waals surface area contributed by atoms with E-state index >= 15 is 0 Å². The van der Waals surface area contributed by atoms with E-state index in [0.29, 0.717) is 0 Å². The van der Waals surface area contributed by atoms with Gasteiger partial charge in [0.05, 0.1) is 23.2 Å². The molecule has 2 aromatic rings. The minimum atomic E-state index is -0.0616. The average molecular weight is 289 g/mol. The van der Waals surface area contributed by atoms with Crippen molar-refractivity contribution in [3.05, 3.63) is 24.0 Å². The summed E-state index contributed by atoms with van der Waals surface area (Å²) in [6, 6.07) is 6.06. The van der Waals surface area contributed by atoms with E-state index in [9.17, 15) is 0 Å². The zero-order valence-corrected chi connectivity index (χ0v) is 13.6. The van der Waals surface area contributed by atoms with Gasteiger partial charge in [-0.25, -0.2) is 4.98 Å². The van der Waals surface area contributed by atoms with Gasteiger partial charge in [-0.1, -0.05) is 19.8 Å². The molecule has 116 valence electrons. The van der Waals surface area contributed by atoms with Crippen molar-refractivity contribution in [3.63, 3.8) is 0 Å². The van der Waals surface area contributed by atoms with Crippen molar-refractivity contribution in [2.24, 2.45) is 5.73 Å². The lowest BCUT2D eigenvalue weighted by molar-refractivity contribution is 0.242. The quantitative estimate of drug-likeness (QED) is 0.783. The largest absolute Gasteiger partial charge is 0.491 e. The molecule has 0 saturated carbocycles. The molecule has 0 amide bonds. The van der Waals surface area contributed by atoms with Crippen molar-refractivity contribution in [1.82, 2.24) is 9.55 Å². The number of benzene rings is 1. The molecule has 4 heteroatoms. The molecule has 0 bridgehead atoms. The monoisotopic (exact) mass is 289 g/mol. The molecule has 0 spiro atoms. The Morgan fingerprint density at radius 1 is 1.24 bits per heavy atom. The second kappa shape index (κ2) is 6.94. The van der Waals surface area contributed by atoms with Crippen molar-refractivity contribution < 1.29 is 4.74 Å². The molecule has 1 atom stereocenters. The van der Waals surface area contributed by atoms with E-state index in [0.717, 1.165) is 35.6 Å². The highest BCUT2D eigenvalue weighted by Gasteiger charge is 2.14. The van der Waals surface area contributed by atoms with Gasteiger partial charge in [0.2, 0.25) is 0 Å².